The van der Waals surface area contributed by atoms with Crippen LogP contribution in [0.1, 0.15) is 153 Å². The van der Waals surface area contributed by atoms with Crippen LogP contribution >= 0.6 is 72.0 Å². The van der Waals surface area contributed by atoms with E-state index in [2.05, 4.69) is 67.8 Å². The van der Waals surface area contributed by atoms with Gasteiger partial charge in [-0.15, -0.1) is 17.0 Å². The lowest BCUT2D eigenvalue weighted by molar-refractivity contribution is 0.00578. The van der Waals surface area contributed by atoms with Crippen molar-refractivity contribution in [1.82, 2.24) is 18.6 Å². The van der Waals surface area contributed by atoms with Crippen molar-refractivity contribution in [2.24, 2.45) is 0 Å². The Kier molecular flexibility index (Phi) is 24.0. The summed E-state index contributed by atoms with van der Waals surface area (Å²) < 4.78 is 83.2. The molecule has 4 aliphatic heterocycles. The summed E-state index contributed by atoms with van der Waals surface area (Å²) in [6, 6.07) is 30.0. The monoisotopic (exact) mass is 1400 g/mol. The van der Waals surface area contributed by atoms with Crippen LogP contribution in [0.25, 0.3) is 11.1 Å². The molecule has 0 saturated carbocycles. The van der Waals surface area contributed by atoms with E-state index in [0.717, 1.165) is 82.6 Å². The SMILES string of the molecule is Br.CC1(C)OB(B2OC(C)(C)C(C)(C)O2)OC1(C)C.CCc1cnccc1-c1cccc(C2CCCCN2S(=O)(=O)c2cccc(Cl)c2C)c1.CCc1cnccc1Br.Cc1c(Cl)cccc1S(=O)(=O)N1CCCCC1c1cccc(Br)c1. The Hall–Kier alpha value is -3.01. The molecule has 0 aliphatic carbocycles. The number of sulfonamides is 2. The third-order valence-corrected chi connectivity index (χ3v) is 22.8. The lowest BCUT2D eigenvalue weighted by atomic mass is 9.49. The van der Waals surface area contributed by atoms with Crippen molar-refractivity contribution in [3.8, 4) is 11.1 Å². The molecule has 0 radical (unpaired) electrons. The first-order chi connectivity index (χ1) is 38.6. The summed E-state index contributed by atoms with van der Waals surface area (Å²) in [5, 5.41) is 0.952. The summed E-state index contributed by atoms with van der Waals surface area (Å²) in [4.78, 5) is 8.83. The minimum Gasteiger partial charge on any atom is -0.405 e. The average Bonchev–Trinajstić information content (AvgIpc) is 3.32. The lowest BCUT2D eigenvalue weighted by Gasteiger charge is -2.35. The third-order valence-electron chi connectivity index (χ3n) is 16.6. The molecule has 4 fully saturated rings. The Balaban J connectivity index is 0.000000190. The number of hydrogen-bond acceptors (Lipinski definition) is 10. The zero-order chi connectivity index (χ0) is 60.0. The number of hydrogen-bond donors (Lipinski definition) is 0. The van der Waals surface area contributed by atoms with Crippen LogP contribution < -0.4 is 0 Å². The molecule has 0 spiro atoms. The first-order valence-electron chi connectivity index (χ1n) is 28.2. The van der Waals surface area contributed by atoms with Gasteiger partial charge in [-0.05, 0) is 207 Å². The Morgan fingerprint density at radius 2 is 0.976 bits per heavy atom. The molecule has 2 aromatic heterocycles. The summed E-state index contributed by atoms with van der Waals surface area (Å²) in [5.41, 5.74) is 6.51. The van der Waals surface area contributed by atoms with Crippen LogP contribution in [0.5, 0.6) is 0 Å². The van der Waals surface area contributed by atoms with Gasteiger partial charge in [-0.1, -0.05) is 124 Å². The van der Waals surface area contributed by atoms with Crippen molar-refractivity contribution in [1.29, 1.82) is 0 Å². The number of aromatic nitrogens is 2. The Bertz CT molecular complexity index is 3350. The maximum Gasteiger partial charge on any atom is 0.488 e. The van der Waals surface area contributed by atoms with E-state index in [1.54, 1.807) is 71.2 Å². The fourth-order valence-electron chi connectivity index (χ4n) is 10.3. The fraction of sp³-hybridized carbons (Fsp3) is 0.452. The van der Waals surface area contributed by atoms with Crippen LogP contribution in [0.3, 0.4) is 0 Å². The van der Waals surface area contributed by atoms with E-state index in [1.807, 2.05) is 116 Å². The van der Waals surface area contributed by atoms with Crippen LogP contribution in [0.4, 0.5) is 0 Å². The maximum absolute atomic E-state index is 13.7. The molecule has 21 heteroatoms. The zero-order valence-electron chi connectivity index (χ0n) is 49.7. The topological polar surface area (TPSA) is 137 Å². The molecule has 10 rings (SSSR count). The summed E-state index contributed by atoms with van der Waals surface area (Å²) in [5.74, 6) is 0. The lowest BCUT2D eigenvalue weighted by Crippen LogP contribution is -2.41. The van der Waals surface area contributed by atoms with Gasteiger partial charge in [-0.2, -0.15) is 8.61 Å². The molecule has 448 valence electrons. The molecule has 12 nitrogen and oxygen atoms in total. The van der Waals surface area contributed by atoms with Crippen molar-refractivity contribution >= 4 is 106 Å². The molecule has 6 aromatic rings. The predicted octanol–water partition coefficient (Wildman–Crippen LogP) is 16.7. The van der Waals surface area contributed by atoms with E-state index in [9.17, 15) is 16.8 Å². The highest BCUT2D eigenvalue weighted by molar-refractivity contribution is 9.10. The van der Waals surface area contributed by atoms with Gasteiger partial charge in [0.15, 0.2) is 0 Å². The molecule has 4 saturated heterocycles. The maximum atomic E-state index is 13.7. The molecular formula is C62H79B2Br3Cl2N4O8S2. The van der Waals surface area contributed by atoms with E-state index in [4.69, 9.17) is 41.8 Å². The molecule has 83 heavy (non-hydrogen) atoms. The van der Waals surface area contributed by atoms with Crippen LogP contribution in [-0.2, 0) is 51.5 Å². The van der Waals surface area contributed by atoms with Gasteiger partial charge in [0.1, 0.15) is 0 Å². The average molecular weight is 1400 g/mol. The molecule has 0 N–H and O–H groups in total. The standard InChI is InChI=1S/C25H27ClN2O2S.C18H19BrClNO2S.C12H24B2O4.C7H8BrN.BrH/c1-3-19-17-27-14-13-22(19)20-8-6-9-21(16-20)24-11-4-5-15-28(24)31(29,30)25-12-7-10-23(26)18(25)2;1-13-16(20)8-5-10-18(13)24(22,23)21-11-3-2-9-17(21)14-6-4-7-15(19)12-14;1-9(2)10(3,4)16-13(15-9)14-17-11(5,6)12(7,8)18-14;1-2-6-5-9-4-3-7(6)8;/h6-10,12-14,16-17,24H,3-5,11,15H2,1-2H3;4-8,10,12,17H,2-3,9,11H2,1H3;1-8H3;3-5H,2H2,1H3;1H. The smallest absolute Gasteiger partial charge is 0.405 e. The first kappa shape index (κ1) is 69.1. The normalized spacial score (nSPS) is 20.1. The first-order valence-corrected chi connectivity index (χ1v) is 33.4. The number of benzene rings is 4. The zero-order valence-corrected chi connectivity index (χ0v) is 57.7. The minimum absolute atomic E-state index is 0. The largest absolute Gasteiger partial charge is 0.488 e. The van der Waals surface area contributed by atoms with Crippen molar-refractivity contribution in [3.05, 3.63) is 174 Å². The van der Waals surface area contributed by atoms with Gasteiger partial charge in [-0.3, -0.25) is 9.97 Å². The second-order valence-electron chi connectivity index (χ2n) is 23.1. The van der Waals surface area contributed by atoms with Crippen LogP contribution in [0, 0.1) is 13.8 Å². The van der Waals surface area contributed by atoms with Gasteiger partial charge >= 0.3 is 14.0 Å². The fourth-order valence-corrected chi connectivity index (χ4v) is 15.6. The van der Waals surface area contributed by atoms with Gasteiger partial charge in [0.2, 0.25) is 20.0 Å². The van der Waals surface area contributed by atoms with Crippen molar-refractivity contribution in [2.45, 2.75) is 179 Å². The molecule has 0 bridgehead atoms. The molecule has 4 aromatic carbocycles. The molecule has 4 aliphatic rings. The van der Waals surface area contributed by atoms with E-state index in [-0.39, 0.29) is 51.5 Å². The summed E-state index contributed by atoms with van der Waals surface area (Å²) >= 11 is 19.3. The van der Waals surface area contributed by atoms with E-state index < -0.39 is 34.1 Å². The molecular weight excluding hydrogens is 1330 g/mol. The van der Waals surface area contributed by atoms with Crippen molar-refractivity contribution in [2.75, 3.05) is 13.1 Å². The summed E-state index contributed by atoms with van der Waals surface area (Å²) in [7, 11) is -8.21. The second-order valence-corrected chi connectivity index (χ2v) is 29.4. The van der Waals surface area contributed by atoms with Crippen LogP contribution in [0.15, 0.2) is 141 Å². The van der Waals surface area contributed by atoms with Crippen LogP contribution in [0.2, 0.25) is 10.0 Å². The van der Waals surface area contributed by atoms with E-state index in [0.29, 0.717) is 44.1 Å². The highest BCUT2D eigenvalue weighted by Gasteiger charge is 2.63. The predicted molar refractivity (Wildman–Crippen MR) is 350 cm³/mol. The second kappa shape index (κ2) is 28.9. The highest BCUT2D eigenvalue weighted by Crippen LogP contribution is 2.44. The molecule has 6 heterocycles. The number of pyridine rings is 2. The third kappa shape index (κ3) is 16.0. The molecule has 2 atom stereocenters. The summed E-state index contributed by atoms with van der Waals surface area (Å²) in [6.07, 6.45) is 14.7. The van der Waals surface area contributed by atoms with Gasteiger partial charge in [-0.25, -0.2) is 16.8 Å². The number of piperidine rings is 2. The minimum atomic E-state index is -3.66. The van der Waals surface area contributed by atoms with Gasteiger partial charge < -0.3 is 18.6 Å². The van der Waals surface area contributed by atoms with Gasteiger partial charge in [0.25, 0.3) is 0 Å². The van der Waals surface area contributed by atoms with Crippen LogP contribution in [-0.4, -0.2) is 84.9 Å². The van der Waals surface area contributed by atoms with Gasteiger partial charge in [0, 0.05) is 56.9 Å². The number of nitrogens with zero attached hydrogens (tertiary/aromatic N) is 4. The van der Waals surface area contributed by atoms with E-state index in [1.165, 1.54) is 11.1 Å². The quantitative estimate of drug-likeness (QED) is 0.122. The number of rotatable bonds is 10. The van der Waals surface area contributed by atoms with Crippen molar-refractivity contribution in [3.63, 3.8) is 0 Å². The molecule has 0 amide bonds. The van der Waals surface area contributed by atoms with E-state index >= 15 is 0 Å². The number of aryl methyl sites for hydroxylation is 2. The van der Waals surface area contributed by atoms with Crippen molar-refractivity contribution < 1.29 is 35.5 Å². The Morgan fingerprint density at radius 3 is 1.40 bits per heavy atom. The Morgan fingerprint density at radius 1 is 0.566 bits per heavy atom. The number of halogens is 5. The molecule has 2 unspecified atom stereocenters. The Labute approximate surface area is 532 Å². The highest BCUT2D eigenvalue weighted by atomic mass is 79.9. The van der Waals surface area contributed by atoms with Gasteiger partial charge in [0.05, 0.1) is 44.3 Å². The summed E-state index contributed by atoms with van der Waals surface area (Å²) in [6.45, 7) is 25.0.